The molecule has 2 aliphatic rings. The summed E-state index contributed by atoms with van der Waals surface area (Å²) in [6, 6.07) is 52.7. The molecule has 0 spiro atoms. The summed E-state index contributed by atoms with van der Waals surface area (Å²) in [6.07, 6.45) is 0. The molecule has 10 aromatic rings. The number of aryl methyl sites for hydroxylation is 1. The van der Waals surface area contributed by atoms with Crippen LogP contribution < -0.4 is 21.5 Å². The molecule has 4 nitrogen and oxygen atoms in total. The van der Waals surface area contributed by atoms with Crippen molar-refractivity contribution in [1.29, 1.82) is 0 Å². The van der Waals surface area contributed by atoms with Crippen LogP contribution in [0.2, 0.25) is 0 Å². The first kappa shape index (κ1) is 23.8. The van der Waals surface area contributed by atoms with Crippen LogP contribution in [0.4, 0.5) is 17.1 Å². The average Bonchev–Trinajstić information content (AvgIpc) is 3.85. The van der Waals surface area contributed by atoms with Crippen molar-refractivity contribution in [2.24, 2.45) is 0 Å². The average molecular weight is 641 g/mol. The van der Waals surface area contributed by atoms with E-state index in [1.807, 2.05) is 30.3 Å². The molecule has 0 amide bonds. The summed E-state index contributed by atoms with van der Waals surface area (Å²) in [5.74, 6) is 0. The van der Waals surface area contributed by atoms with E-state index in [2.05, 4.69) is 123 Å². The van der Waals surface area contributed by atoms with Crippen LogP contribution in [0.15, 0.2) is 156 Å². The van der Waals surface area contributed by atoms with Crippen LogP contribution in [-0.2, 0) is 0 Å². The molecule has 0 aliphatic carbocycles. The van der Waals surface area contributed by atoms with E-state index >= 15 is 0 Å². The van der Waals surface area contributed by atoms with E-state index in [0.717, 1.165) is 56.0 Å². The third kappa shape index (κ3) is 3.18. The van der Waals surface area contributed by atoms with Crippen molar-refractivity contribution in [3.8, 4) is 11.4 Å². The minimum Gasteiger partial charge on any atom is -0.468 e. The maximum atomic E-state index is 8.24. The van der Waals surface area contributed by atoms with Gasteiger partial charge in [-0.1, -0.05) is 91.0 Å². The number of furan rings is 1. The van der Waals surface area contributed by atoms with Gasteiger partial charge in [0.1, 0.15) is 5.58 Å². The highest BCUT2D eigenvalue weighted by atomic mass is 16.3. The first-order valence-electron chi connectivity index (χ1n) is 18.6. The number of rotatable bonds is 2. The summed E-state index contributed by atoms with van der Waals surface area (Å²) < 4.78 is 36.5. The van der Waals surface area contributed by atoms with Gasteiger partial charge in [0.2, 0.25) is 0 Å². The molecule has 232 valence electrons. The molecule has 0 bridgehead atoms. The third-order valence-electron chi connectivity index (χ3n) is 11.0. The quantitative estimate of drug-likeness (QED) is 0.176. The first-order valence-corrected chi connectivity index (χ1v) is 17.1. The molecular weight excluding hydrogens is 609 g/mol. The number of fused-ring (bicyclic) bond motifs is 13. The number of anilines is 3. The van der Waals surface area contributed by atoms with Gasteiger partial charge in [-0.15, -0.1) is 0 Å². The number of hydrogen-bond acceptors (Lipinski definition) is 2. The highest BCUT2D eigenvalue weighted by Gasteiger charge is 2.45. The van der Waals surface area contributed by atoms with Gasteiger partial charge in [0.25, 0.3) is 6.71 Å². The van der Waals surface area contributed by atoms with Crippen LogP contribution in [0.5, 0.6) is 0 Å². The zero-order valence-corrected chi connectivity index (χ0v) is 26.8. The Morgan fingerprint density at radius 2 is 1.32 bits per heavy atom. The molecule has 7 aromatic carbocycles. The molecule has 0 unspecified atom stereocenters. The van der Waals surface area contributed by atoms with Crippen molar-refractivity contribution >= 4 is 94.9 Å². The second-order valence-corrected chi connectivity index (χ2v) is 13.5. The molecule has 50 heavy (non-hydrogen) atoms. The summed E-state index contributed by atoms with van der Waals surface area (Å²) >= 11 is 0. The van der Waals surface area contributed by atoms with Gasteiger partial charge in [0.05, 0.1) is 27.9 Å². The number of nitrogens with zero attached hydrogens (tertiary/aromatic N) is 3. The number of para-hydroxylation sites is 4. The van der Waals surface area contributed by atoms with Crippen LogP contribution in [-0.4, -0.2) is 15.8 Å². The normalized spacial score (nSPS) is 14.4. The molecule has 0 N–H and O–H groups in total. The standard InChI is InChI=1S/C45H28BN3O/c1-27-12-9-15-29(26-27)48-37-21-11-22-38-41(37)46(45-44(48)32-17-6-8-23-39(32)50-45)34-19-10-18-33-40-36(49(38)42(33)34)25-24-31-30-16-5-7-20-35(30)47(43(31)40)28-13-3-2-4-14-28/h2-26H,1H3/i1D3. The molecule has 0 radical (unpaired) electrons. The van der Waals surface area contributed by atoms with Gasteiger partial charge in [0.15, 0.2) is 0 Å². The first-order chi connectivity index (χ1) is 26.0. The molecule has 12 rings (SSSR count). The molecule has 0 fully saturated rings. The lowest BCUT2D eigenvalue weighted by molar-refractivity contribution is 0.651. The van der Waals surface area contributed by atoms with E-state index in [1.165, 1.54) is 43.6 Å². The summed E-state index contributed by atoms with van der Waals surface area (Å²) in [5, 5.41) is 5.84. The van der Waals surface area contributed by atoms with Crippen molar-refractivity contribution < 1.29 is 8.53 Å². The van der Waals surface area contributed by atoms with Gasteiger partial charge < -0.3 is 18.5 Å². The van der Waals surface area contributed by atoms with E-state index in [9.17, 15) is 0 Å². The van der Waals surface area contributed by atoms with E-state index in [-0.39, 0.29) is 6.71 Å². The van der Waals surface area contributed by atoms with Gasteiger partial charge in [0, 0.05) is 59.3 Å². The molecule has 5 heterocycles. The summed E-state index contributed by atoms with van der Waals surface area (Å²) in [7, 11) is 0. The Balaban J connectivity index is 1.24. The topological polar surface area (TPSA) is 26.2 Å². The van der Waals surface area contributed by atoms with E-state index in [0.29, 0.717) is 5.56 Å². The van der Waals surface area contributed by atoms with Gasteiger partial charge in [-0.25, -0.2) is 0 Å². The second-order valence-electron chi connectivity index (χ2n) is 13.5. The fourth-order valence-corrected chi connectivity index (χ4v) is 9.13. The smallest absolute Gasteiger partial charge is 0.297 e. The zero-order valence-electron chi connectivity index (χ0n) is 29.8. The number of hydrogen-bond donors (Lipinski definition) is 0. The SMILES string of the molecule is [2H]C([2H])([2H])c1cccc(N2c3cccc4c3B(c3oc5ccccc5c32)c2cccc3c5c(ccc6c7ccccc7n(-c7ccccc7)c65)n-4c23)c1. The van der Waals surface area contributed by atoms with Crippen LogP contribution in [0.3, 0.4) is 0 Å². The van der Waals surface area contributed by atoms with Crippen molar-refractivity contribution in [2.45, 2.75) is 6.85 Å². The van der Waals surface area contributed by atoms with Crippen LogP contribution in [0.25, 0.3) is 66.0 Å². The lowest BCUT2D eigenvalue weighted by Crippen LogP contribution is -2.59. The van der Waals surface area contributed by atoms with Crippen LogP contribution in [0.1, 0.15) is 9.68 Å². The second kappa shape index (κ2) is 9.37. The Morgan fingerprint density at radius 3 is 2.24 bits per heavy atom. The molecule has 5 heteroatoms. The predicted octanol–water partition coefficient (Wildman–Crippen LogP) is 9.55. The van der Waals surface area contributed by atoms with Crippen LogP contribution >= 0.6 is 0 Å². The van der Waals surface area contributed by atoms with Crippen molar-refractivity contribution in [3.63, 3.8) is 0 Å². The van der Waals surface area contributed by atoms with E-state index in [4.69, 9.17) is 8.53 Å². The van der Waals surface area contributed by atoms with Gasteiger partial charge in [-0.3, -0.25) is 0 Å². The maximum Gasteiger partial charge on any atom is 0.297 e. The van der Waals surface area contributed by atoms with E-state index in [1.54, 1.807) is 12.1 Å². The Labute approximate surface area is 292 Å². The Bertz CT molecular complexity index is 3190. The fraction of sp³-hybridized carbons (Fsp3) is 0.0222. The molecule has 2 aliphatic heterocycles. The Hall–Kier alpha value is -6.46. The largest absolute Gasteiger partial charge is 0.468 e. The maximum absolute atomic E-state index is 8.24. The van der Waals surface area contributed by atoms with Gasteiger partial charge in [-0.05, 0) is 84.0 Å². The van der Waals surface area contributed by atoms with Crippen LogP contribution in [0, 0.1) is 6.85 Å². The van der Waals surface area contributed by atoms with Gasteiger partial charge in [-0.2, -0.15) is 0 Å². The Kier molecular flexibility index (Phi) is 4.46. The Morgan fingerprint density at radius 1 is 0.560 bits per heavy atom. The van der Waals surface area contributed by atoms with Crippen molar-refractivity contribution in [1.82, 2.24) is 9.13 Å². The summed E-state index contributed by atoms with van der Waals surface area (Å²) in [5.41, 5.74) is 13.9. The molecule has 0 saturated heterocycles. The summed E-state index contributed by atoms with van der Waals surface area (Å²) in [4.78, 5) is 2.22. The number of benzene rings is 7. The van der Waals surface area contributed by atoms with Gasteiger partial charge >= 0.3 is 0 Å². The molecule has 0 atom stereocenters. The van der Waals surface area contributed by atoms with E-state index < -0.39 is 6.85 Å². The third-order valence-corrected chi connectivity index (χ3v) is 11.0. The van der Waals surface area contributed by atoms with Crippen molar-refractivity contribution in [3.05, 3.63) is 157 Å². The minimum atomic E-state index is -2.24. The minimum absolute atomic E-state index is 0.179. The molecule has 3 aromatic heterocycles. The highest BCUT2D eigenvalue weighted by molar-refractivity contribution is 7.00. The highest BCUT2D eigenvalue weighted by Crippen LogP contribution is 2.46. The fourth-order valence-electron chi connectivity index (χ4n) is 9.13. The predicted molar refractivity (Wildman–Crippen MR) is 209 cm³/mol. The zero-order chi connectivity index (χ0) is 35.2. The lowest BCUT2D eigenvalue weighted by atomic mass is 9.36. The number of aromatic nitrogens is 2. The monoisotopic (exact) mass is 640 g/mol. The lowest BCUT2D eigenvalue weighted by Gasteiger charge is -2.38. The molecule has 0 saturated carbocycles. The molecular formula is C45H28BN3O. The summed E-state index contributed by atoms with van der Waals surface area (Å²) in [6.45, 7) is -2.42. The van der Waals surface area contributed by atoms with Crippen molar-refractivity contribution in [2.75, 3.05) is 4.90 Å².